The molecule has 25 heavy (non-hydrogen) atoms. The van der Waals surface area contributed by atoms with Gasteiger partial charge in [-0.25, -0.2) is 8.42 Å². The molecule has 2 aromatic carbocycles. The van der Waals surface area contributed by atoms with Gasteiger partial charge in [-0.2, -0.15) is 4.31 Å². The molecule has 2 aromatic rings. The van der Waals surface area contributed by atoms with Crippen LogP contribution in [0.5, 0.6) is 11.5 Å². The van der Waals surface area contributed by atoms with Crippen molar-refractivity contribution >= 4 is 21.9 Å². The predicted octanol–water partition coefficient (Wildman–Crippen LogP) is 3.02. The smallest absolute Gasteiger partial charge is 0.243 e. The van der Waals surface area contributed by atoms with Gasteiger partial charge in [-0.05, 0) is 43.2 Å². The normalized spacial score (nSPS) is 16.3. The first kappa shape index (κ1) is 17.4. The van der Waals surface area contributed by atoms with E-state index in [0.717, 1.165) is 19.3 Å². The maximum atomic E-state index is 12.7. The van der Waals surface area contributed by atoms with Gasteiger partial charge in [-0.3, -0.25) is 4.99 Å². The lowest BCUT2D eigenvalue weighted by atomic mass is 10.2. The van der Waals surface area contributed by atoms with Crippen molar-refractivity contribution < 1.29 is 18.6 Å². The zero-order valence-corrected chi connectivity index (χ0v) is 14.5. The Kier molecular flexibility index (Phi) is 5.06. The Morgan fingerprint density at radius 2 is 1.72 bits per heavy atom. The van der Waals surface area contributed by atoms with Crippen molar-refractivity contribution in [3.63, 3.8) is 0 Å². The number of piperidine rings is 1. The van der Waals surface area contributed by atoms with Gasteiger partial charge in [0.15, 0.2) is 11.5 Å². The lowest BCUT2D eigenvalue weighted by molar-refractivity contribution is 0.346. The van der Waals surface area contributed by atoms with Crippen molar-refractivity contribution in [2.75, 3.05) is 13.1 Å². The Balaban J connectivity index is 1.86. The molecule has 1 heterocycles. The first-order valence-corrected chi connectivity index (χ1v) is 9.58. The Labute approximate surface area is 147 Å². The van der Waals surface area contributed by atoms with Crippen LogP contribution in [0, 0.1) is 0 Å². The fourth-order valence-electron chi connectivity index (χ4n) is 2.78. The average Bonchev–Trinajstić information content (AvgIpc) is 2.64. The minimum atomic E-state index is -3.51. The number of aliphatic imine (C=N–C) groups is 1. The molecule has 0 spiro atoms. The van der Waals surface area contributed by atoms with Crippen LogP contribution in [0.4, 0.5) is 5.69 Å². The van der Waals surface area contributed by atoms with Crippen molar-refractivity contribution in [1.82, 2.24) is 4.31 Å². The summed E-state index contributed by atoms with van der Waals surface area (Å²) in [5.41, 5.74) is 0.810. The monoisotopic (exact) mass is 360 g/mol. The standard InChI is InChI=1S/C18H20N2O4S/c21-17-9-4-6-14(18(17)22)13-19-15-7-5-8-16(12-15)25(23,24)20-10-2-1-3-11-20/h4-9,12-13,21-22H,1-3,10-11H2. The quantitative estimate of drug-likeness (QED) is 0.648. The van der Waals surface area contributed by atoms with Crippen molar-refractivity contribution in [2.45, 2.75) is 24.2 Å². The number of phenolic OH excluding ortho intramolecular Hbond substituents is 2. The van der Waals surface area contributed by atoms with E-state index < -0.39 is 10.0 Å². The largest absolute Gasteiger partial charge is 0.504 e. The molecule has 132 valence electrons. The van der Waals surface area contributed by atoms with Crippen LogP contribution in [0.3, 0.4) is 0 Å². The first-order chi connectivity index (χ1) is 12.0. The van der Waals surface area contributed by atoms with Gasteiger partial charge in [0.25, 0.3) is 0 Å². The highest BCUT2D eigenvalue weighted by atomic mass is 32.2. The van der Waals surface area contributed by atoms with Crippen LogP contribution in [-0.4, -0.2) is 42.2 Å². The van der Waals surface area contributed by atoms with E-state index in [2.05, 4.69) is 4.99 Å². The van der Waals surface area contributed by atoms with Crippen molar-refractivity contribution in [3.05, 3.63) is 48.0 Å². The van der Waals surface area contributed by atoms with E-state index in [4.69, 9.17) is 0 Å². The van der Waals surface area contributed by atoms with Gasteiger partial charge in [0, 0.05) is 24.9 Å². The van der Waals surface area contributed by atoms with Gasteiger partial charge < -0.3 is 10.2 Å². The fraction of sp³-hybridized carbons (Fsp3) is 0.278. The fourth-order valence-corrected chi connectivity index (χ4v) is 4.33. The molecule has 1 saturated heterocycles. The lowest BCUT2D eigenvalue weighted by Crippen LogP contribution is -2.35. The number of sulfonamides is 1. The van der Waals surface area contributed by atoms with Crippen LogP contribution in [0.2, 0.25) is 0 Å². The molecule has 2 N–H and O–H groups in total. The molecule has 0 bridgehead atoms. The first-order valence-electron chi connectivity index (χ1n) is 8.14. The summed E-state index contributed by atoms with van der Waals surface area (Å²) in [5, 5.41) is 19.3. The molecule has 0 unspecified atom stereocenters. The number of hydrogen-bond donors (Lipinski definition) is 2. The van der Waals surface area contributed by atoms with E-state index in [1.807, 2.05) is 0 Å². The third kappa shape index (κ3) is 3.83. The van der Waals surface area contributed by atoms with Crippen LogP contribution < -0.4 is 0 Å². The summed E-state index contributed by atoms with van der Waals surface area (Å²) in [4.78, 5) is 4.43. The Bertz CT molecular complexity index is 888. The van der Waals surface area contributed by atoms with Crippen LogP contribution in [0.1, 0.15) is 24.8 Å². The van der Waals surface area contributed by atoms with Crippen LogP contribution in [0.15, 0.2) is 52.4 Å². The van der Waals surface area contributed by atoms with E-state index in [1.165, 1.54) is 22.7 Å². The van der Waals surface area contributed by atoms with Crippen molar-refractivity contribution in [2.24, 2.45) is 4.99 Å². The molecule has 1 fully saturated rings. The van der Waals surface area contributed by atoms with E-state index in [9.17, 15) is 18.6 Å². The summed E-state index contributed by atoms with van der Waals surface area (Å²) in [5.74, 6) is -0.492. The number of phenols is 2. The van der Waals surface area contributed by atoms with E-state index in [1.54, 1.807) is 30.3 Å². The van der Waals surface area contributed by atoms with E-state index >= 15 is 0 Å². The Hall–Kier alpha value is -2.38. The van der Waals surface area contributed by atoms with Gasteiger partial charge in [0.2, 0.25) is 10.0 Å². The molecule has 0 amide bonds. The summed E-state index contributed by atoms with van der Waals surface area (Å²) in [7, 11) is -3.51. The van der Waals surface area contributed by atoms with Gasteiger partial charge in [-0.1, -0.05) is 18.6 Å². The second kappa shape index (κ2) is 7.25. The van der Waals surface area contributed by atoms with E-state index in [-0.39, 0.29) is 16.4 Å². The van der Waals surface area contributed by atoms with Crippen molar-refractivity contribution in [1.29, 1.82) is 0 Å². The number of hydrogen-bond acceptors (Lipinski definition) is 5. The molecule has 1 aliphatic heterocycles. The van der Waals surface area contributed by atoms with Gasteiger partial charge >= 0.3 is 0 Å². The highest BCUT2D eigenvalue weighted by molar-refractivity contribution is 7.89. The number of nitrogens with zero attached hydrogens (tertiary/aromatic N) is 2. The Morgan fingerprint density at radius 3 is 2.48 bits per heavy atom. The SMILES string of the molecule is O=S(=O)(c1cccc(N=Cc2cccc(O)c2O)c1)N1CCCCC1. The highest BCUT2D eigenvalue weighted by Crippen LogP contribution is 2.28. The van der Waals surface area contributed by atoms with E-state index in [0.29, 0.717) is 24.3 Å². The number of para-hydroxylation sites is 1. The third-order valence-corrected chi connectivity index (χ3v) is 6.06. The summed E-state index contributed by atoms with van der Waals surface area (Å²) in [6.07, 6.45) is 4.22. The molecular weight excluding hydrogens is 340 g/mol. The number of aromatic hydroxyl groups is 2. The topological polar surface area (TPSA) is 90.2 Å². The summed E-state index contributed by atoms with van der Waals surface area (Å²) in [6.45, 7) is 1.10. The number of rotatable bonds is 4. The summed E-state index contributed by atoms with van der Waals surface area (Å²) < 4.78 is 26.9. The zero-order chi connectivity index (χ0) is 17.9. The maximum absolute atomic E-state index is 12.7. The van der Waals surface area contributed by atoms with Crippen LogP contribution >= 0.6 is 0 Å². The van der Waals surface area contributed by atoms with Gasteiger partial charge in [0.05, 0.1) is 10.6 Å². The molecule has 0 aromatic heterocycles. The number of benzene rings is 2. The molecule has 7 heteroatoms. The molecule has 0 atom stereocenters. The molecule has 3 rings (SSSR count). The maximum Gasteiger partial charge on any atom is 0.243 e. The van der Waals surface area contributed by atoms with Crippen LogP contribution in [0.25, 0.3) is 0 Å². The van der Waals surface area contributed by atoms with Crippen LogP contribution in [-0.2, 0) is 10.0 Å². The second-order valence-electron chi connectivity index (χ2n) is 5.94. The minimum absolute atomic E-state index is 0.212. The zero-order valence-electron chi connectivity index (χ0n) is 13.7. The summed E-state index contributed by atoms with van der Waals surface area (Å²) >= 11 is 0. The molecular formula is C18H20N2O4S. The van der Waals surface area contributed by atoms with Crippen molar-refractivity contribution in [3.8, 4) is 11.5 Å². The minimum Gasteiger partial charge on any atom is -0.504 e. The molecule has 0 aliphatic carbocycles. The molecule has 6 nitrogen and oxygen atoms in total. The Morgan fingerprint density at radius 1 is 1.00 bits per heavy atom. The van der Waals surface area contributed by atoms with Gasteiger partial charge in [0.1, 0.15) is 0 Å². The second-order valence-corrected chi connectivity index (χ2v) is 7.87. The van der Waals surface area contributed by atoms with Gasteiger partial charge in [-0.15, -0.1) is 0 Å². The molecule has 1 aliphatic rings. The molecule has 0 saturated carbocycles. The highest BCUT2D eigenvalue weighted by Gasteiger charge is 2.25. The lowest BCUT2D eigenvalue weighted by Gasteiger charge is -2.25. The summed E-state index contributed by atoms with van der Waals surface area (Å²) in [6, 6.07) is 11.0. The third-order valence-electron chi connectivity index (χ3n) is 4.17. The average molecular weight is 360 g/mol. The predicted molar refractivity (Wildman–Crippen MR) is 96.1 cm³/mol. The molecule has 0 radical (unpaired) electrons.